The predicted molar refractivity (Wildman–Crippen MR) is 84.1 cm³/mol. The smallest absolute Gasteiger partial charge is 0.0595 e. The SMILES string of the molecule is Cc1cc(N)c(NCc2ccc(Cl)c(Cl)c2)cc1C. The molecule has 0 aliphatic rings. The molecule has 0 unspecified atom stereocenters. The number of nitrogen functional groups attached to an aromatic ring is 1. The van der Waals surface area contributed by atoms with Crippen LogP contribution in [-0.4, -0.2) is 0 Å². The molecule has 4 heteroatoms. The summed E-state index contributed by atoms with van der Waals surface area (Å²) in [5.74, 6) is 0. The van der Waals surface area contributed by atoms with E-state index >= 15 is 0 Å². The molecule has 0 saturated heterocycles. The number of hydrogen-bond donors (Lipinski definition) is 2. The van der Waals surface area contributed by atoms with E-state index in [1.54, 1.807) is 6.07 Å². The van der Waals surface area contributed by atoms with Crippen molar-refractivity contribution in [3.63, 3.8) is 0 Å². The van der Waals surface area contributed by atoms with Crippen LogP contribution in [0.25, 0.3) is 0 Å². The minimum Gasteiger partial charge on any atom is -0.397 e. The molecule has 0 spiro atoms. The van der Waals surface area contributed by atoms with Crippen molar-refractivity contribution in [3.8, 4) is 0 Å². The Morgan fingerprint density at radius 3 is 2.37 bits per heavy atom. The third kappa shape index (κ3) is 3.34. The quantitative estimate of drug-likeness (QED) is 0.798. The summed E-state index contributed by atoms with van der Waals surface area (Å²) in [6.45, 7) is 4.77. The summed E-state index contributed by atoms with van der Waals surface area (Å²) < 4.78 is 0. The second-order valence-electron chi connectivity index (χ2n) is 4.63. The Kier molecular flexibility index (Phi) is 4.23. The van der Waals surface area contributed by atoms with Gasteiger partial charge in [0.2, 0.25) is 0 Å². The van der Waals surface area contributed by atoms with Crippen LogP contribution in [0.15, 0.2) is 30.3 Å². The van der Waals surface area contributed by atoms with E-state index in [9.17, 15) is 0 Å². The third-order valence-corrected chi connectivity index (χ3v) is 3.87. The zero-order chi connectivity index (χ0) is 14.0. The molecule has 0 heterocycles. The van der Waals surface area contributed by atoms with Crippen molar-refractivity contribution in [1.82, 2.24) is 0 Å². The molecule has 0 saturated carbocycles. The molecular weight excluding hydrogens is 279 g/mol. The van der Waals surface area contributed by atoms with Crippen LogP contribution in [0.1, 0.15) is 16.7 Å². The zero-order valence-electron chi connectivity index (χ0n) is 10.9. The lowest BCUT2D eigenvalue weighted by atomic mass is 10.1. The number of hydrogen-bond acceptors (Lipinski definition) is 2. The molecule has 0 aliphatic heterocycles. The third-order valence-electron chi connectivity index (χ3n) is 3.13. The molecule has 0 fully saturated rings. The van der Waals surface area contributed by atoms with Crippen LogP contribution in [-0.2, 0) is 6.54 Å². The summed E-state index contributed by atoms with van der Waals surface area (Å²) in [7, 11) is 0. The highest BCUT2D eigenvalue weighted by Gasteiger charge is 2.04. The van der Waals surface area contributed by atoms with Gasteiger partial charge in [0, 0.05) is 6.54 Å². The van der Waals surface area contributed by atoms with Crippen molar-refractivity contribution in [1.29, 1.82) is 0 Å². The van der Waals surface area contributed by atoms with Gasteiger partial charge in [-0.15, -0.1) is 0 Å². The average molecular weight is 295 g/mol. The minimum atomic E-state index is 0.564. The van der Waals surface area contributed by atoms with Gasteiger partial charge in [-0.05, 0) is 54.8 Å². The molecule has 0 atom stereocenters. The number of halogens is 2. The van der Waals surface area contributed by atoms with Crippen molar-refractivity contribution in [3.05, 3.63) is 57.1 Å². The fourth-order valence-corrected chi connectivity index (χ4v) is 2.16. The van der Waals surface area contributed by atoms with Gasteiger partial charge >= 0.3 is 0 Å². The maximum atomic E-state index is 6.00. The van der Waals surface area contributed by atoms with E-state index in [-0.39, 0.29) is 0 Å². The van der Waals surface area contributed by atoms with Crippen LogP contribution in [0.5, 0.6) is 0 Å². The highest BCUT2D eigenvalue weighted by molar-refractivity contribution is 6.42. The Hall–Kier alpha value is -1.38. The van der Waals surface area contributed by atoms with Crippen molar-refractivity contribution in [2.75, 3.05) is 11.1 Å². The first-order valence-electron chi connectivity index (χ1n) is 6.02. The van der Waals surface area contributed by atoms with E-state index in [4.69, 9.17) is 28.9 Å². The molecule has 0 aromatic heterocycles. The lowest BCUT2D eigenvalue weighted by molar-refractivity contribution is 1.15. The number of aryl methyl sites for hydroxylation is 2. The summed E-state index contributed by atoms with van der Waals surface area (Å²) in [6.07, 6.45) is 0. The van der Waals surface area contributed by atoms with Crippen molar-refractivity contribution in [2.24, 2.45) is 0 Å². The Balaban J connectivity index is 2.14. The molecule has 0 bridgehead atoms. The average Bonchev–Trinajstić information content (AvgIpc) is 2.36. The minimum absolute atomic E-state index is 0.564. The van der Waals surface area contributed by atoms with Gasteiger partial charge in [0.15, 0.2) is 0 Å². The largest absolute Gasteiger partial charge is 0.397 e. The molecule has 0 amide bonds. The molecule has 0 aliphatic carbocycles. The fourth-order valence-electron chi connectivity index (χ4n) is 1.84. The predicted octanol–water partition coefficient (Wildman–Crippen LogP) is 4.80. The first-order chi connectivity index (χ1) is 8.97. The van der Waals surface area contributed by atoms with Crippen molar-refractivity contribution < 1.29 is 0 Å². The van der Waals surface area contributed by atoms with Gasteiger partial charge in [-0.25, -0.2) is 0 Å². The summed E-state index contributed by atoms with van der Waals surface area (Å²) >= 11 is 11.9. The lowest BCUT2D eigenvalue weighted by Gasteiger charge is -2.12. The van der Waals surface area contributed by atoms with Gasteiger partial charge in [0.05, 0.1) is 21.4 Å². The summed E-state index contributed by atoms with van der Waals surface area (Å²) in [5, 5.41) is 4.45. The van der Waals surface area contributed by atoms with E-state index in [1.165, 1.54) is 11.1 Å². The molecule has 3 N–H and O–H groups in total. The summed E-state index contributed by atoms with van der Waals surface area (Å²) in [4.78, 5) is 0. The van der Waals surface area contributed by atoms with Crippen LogP contribution in [0.4, 0.5) is 11.4 Å². The normalized spacial score (nSPS) is 10.5. The topological polar surface area (TPSA) is 38.0 Å². The van der Waals surface area contributed by atoms with Gasteiger partial charge in [-0.1, -0.05) is 29.3 Å². The summed E-state index contributed by atoms with van der Waals surface area (Å²) in [6, 6.07) is 9.63. The van der Waals surface area contributed by atoms with E-state index in [0.29, 0.717) is 16.6 Å². The van der Waals surface area contributed by atoms with Gasteiger partial charge in [0.25, 0.3) is 0 Å². The number of rotatable bonds is 3. The van der Waals surface area contributed by atoms with Gasteiger partial charge in [0.1, 0.15) is 0 Å². The summed E-state index contributed by atoms with van der Waals surface area (Å²) in [5.41, 5.74) is 11.2. The van der Waals surface area contributed by atoms with Crippen LogP contribution in [0.2, 0.25) is 10.0 Å². The van der Waals surface area contributed by atoms with Crippen LogP contribution >= 0.6 is 23.2 Å². The van der Waals surface area contributed by atoms with Crippen molar-refractivity contribution in [2.45, 2.75) is 20.4 Å². The van der Waals surface area contributed by atoms with E-state index < -0.39 is 0 Å². The molecule has 19 heavy (non-hydrogen) atoms. The van der Waals surface area contributed by atoms with E-state index in [1.807, 2.05) is 18.2 Å². The molecule has 0 radical (unpaired) electrons. The fraction of sp³-hybridized carbons (Fsp3) is 0.200. The highest BCUT2D eigenvalue weighted by Crippen LogP contribution is 2.25. The molecular formula is C15H16Cl2N2. The lowest BCUT2D eigenvalue weighted by Crippen LogP contribution is -2.03. The van der Waals surface area contributed by atoms with Gasteiger partial charge < -0.3 is 11.1 Å². The first-order valence-corrected chi connectivity index (χ1v) is 6.77. The zero-order valence-corrected chi connectivity index (χ0v) is 12.4. The van der Waals surface area contributed by atoms with Gasteiger partial charge in [-0.2, -0.15) is 0 Å². The van der Waals surface area contributed by atoms with E-state index in [0.717, 1.165) is 16.9 Å². The maximum absolute atomic E-state index is 6.00. The molecule has 2 aromatic rings. The Bertz CT molecular complexity index is 609. The number of nitrogens with one attached hydrogen (secondary N) is 1. The Morgan fingerprint density at radius 2 is 1.68 bits per heavy atom. The highest BCUT2D eigenvalue weighted by atomic mass is 35.5. The second-order valence-corrected chi connectivity index (χ2v) is 5.44. The number of nitrogens with two attached hydrogens (primary N) is 1. The number of anilines is 2. The Labute approximate surface area is 123 Å². The molecule has 2 rings (SSSR count). The van der Waals surface area contributed by atoms with Gasteiger partial charge in [-0.3, -0.25) is 0 Å². The standard InChI is InChI=1S/C15H16Cl2N2/c1-9-5-14(18)15(6-10(9)2)19-8-11-3-4-12(16)13(17)7-11/h3-7,19H,8,18H2,1-2H3. The Morgan fingerprint density at radius 1 is 1.00 bits per heavy atom. The monoisotopic (exact) mass is 294 g/mol. The van der Waals surface area contributed by atoms with Crippen LogP contribution in [0.3, 0.4) is 0 Å². The van der Waals surface area contributed by atoms with Crippen molar-refractivity contribution >= 4 is 34.6 Å². The van der Waals surface area contributed by atoms with Crippen LogP contribution < -0.4 is 11.1 Å². The molecule has 2 aromatic carbocycles. The van der Waals surface area contributed by atoms with Crippen LogP contribution in [0, 0.1) is 13.8 Å². The second kappa shape index (κ2) is 5.72. The molecule has 2 nitrogen and oxygen atoms in total. The number of benzene rings is 2. The first kappa shape index (κ1) is 14.0. The van der Waals surface area contributed by atoms with E-state index in [2.05, 4.69) is 25.2 Å². The maximum Gasteiger partial charge on any atom is 0.0595 e. The molecule has 100 valence electrons.